The molecule has 2 heterocycles. The Morgan fingerprint density at radius 1 is 0.867 bits per heavy atom. The number of hydrogen-bond donors (Lipinski definition) is 0. The topological polar surface area (TPSA) is 50.5 Å². The maximum Gasteiger partial charge on any atom is 0.291 e. The summed E-state index contributed by atoms with van der Waals surface area (Å²) in [4.78, 5) is 28.7. The highest BCUT2D eigenvalue weighted by Gasteiger charge is 2.42. The fourth-order valence-electron chi connectivity index (χ4n) is 4.16. The standard InChI is InChI=1S/C26H21NO3/c1-16-8-11-19(12-9-16)23-22-24(28)20-13-10-17(2)14-21(20)30-25(22)26(29)27(23)15-18-6-4-3-5-7-18/h3-14,23H,15H2,1-2H3/t23-/m1/s1. The van der Waals surface area contributed by atoms with Crippen LogP contribution in [-0.4, -0.2) is 10.8 Å². The van der Waals surface area contributed by atoms with Crippen LogP contribution >= 0.6 is 0 Å². The van der Waals surface area contributed by atoms with Crippen LogP contribution in [0.15, 0.2) is 82.0 Å². The van der Waals surface area contributed by atoms with Gasteiger partial charge >= 0.3 is 0 Å². The first-order valence-electron chi connectivity index (χ1n) is 10.0. The van der Waals surface area contributed by atoms with E-state index in [-0.39, 0.29) is 17.1 Å². The van der Waals surface area contributed by atoms with Crippen molar-refractivity contribution in [1.29, 1.82) is 0 Å². The van der Waals surface area contributed by atoms with Gasteiger partial charge in [-0.25, -0.2) is 0 Å². The third-order valence-corrected chi connectivity index (χ3v) is 5.71. The largest absolute Gasteiger partial charge is 0.450 e. The van der Waals surface area contributed by atoms with Crippen LogP contribution in [0, 0.1) is 13.8 Å². The van der Waals surface area contributed by atoms with Crippen molar-refractivity contribution in [2.75, 3.05) is 0 Å². The molecule has 0 aliphatic carbocycles. The van der Waals surface area contributed by atoms with E-state index in [2.05, 4.69) is 0 Å². The van der Waals surface area contributed by atoms with Gasteiger partial charge < -0.3 is 9.32 Å². The lowest BCUT2D eigenvalue weighted by Crippen LogP contribution is -2.29. The van der Waals surface area contributed by atoms with E-state index in [0.717, 1.165) is 22.3 Å². The Morgan fingerprint density at radius 3 is 2.30 bits per heavy atom. The van der Waals surface area contributed by atoms with Gasteiger partial charge in [0.25, 0.3) is 5.91 Å². The molecule has 1 aliphatic heterocycles. The molecule has 3 aromatic carbocycles. The Balaban J connectivity index is 1.74. The minimum atomic E-state index is -0.477. The predicted octanol–water partition coefficient (Wildman–Crippen LogP) is 5.16. The summed E-state index contributed by atoms with van der Waals surface area (Å²) in [5, 5.41) is 0.505. The summed E-state index contributed by atoms with van der Waals surface area (Å²) in [6.07, 6.45) is 0. The third-order valence-electron chi connectivity index (χ3n) is 5.71. The zero-order valence-corrected chi connectivity index (χ0v) is 16.9. The number of fused-ring (bicyclic) bond motifs is 2. The number of aryl methyl sites for hydroxylation is 2. The highest BCUT2D eigenvalue weighted by atomic mass is 16.3. The molecule has 0 saturated carbocycles. The van der Waals surface area contributed by atoms with Crippen LogP contribution in [0.25, 0.3) is 11.0 Å². The van der Waals surface area contributed by atoms with Gasteiger partial charge in [0.05, 0.1) is 17.0 Å². The molecule has 4 heteroatoms. The molecule has 0 saturated heterocycles. The van der Waals surface area contributed by atoms with Crippen molar-refractivity contribution >= 4 is 16.9 Å². The smallest absolute Gasteiger partial charge is 0.291 e. The van der Waals surface area contributed by atoms with Gasteiger partial charge in [0.2, 0.25) is 5.76 Å². The number of hydrogen-bond acceptors (Lipinski definition) is 3. The zero-order chi connectivity index (χ0) is 20.8. The van der Waals surface area contributed by atoms with Gasteiger partial charge in [-0.2, -0.15) is 0 Å². The van der Waals surface area contributed by atoms with Crippen molar-refractivity contribution in [2.24, 2.45) is 0 Å². The van der Waals surface area contributed by atoms with Crippen LogP contribution < -0.4 is 5.43 Å². The fraction of sp³-hybridized carbons (Fsp3) is 0.154. The molecule has 148 valence electrons. The second-order valence-corrected chi connectivity index (χ2v) is 7.91. The molecule has 0 fully saturated rings. The van der Waals surface area contributed by atoms with Gasteiger partial charge in [-0.05, 0) is 42.7 Å². The van der Waals surface area contributed by atoms with Gasteiger partial charge in [0.1, 0.15) is 5.58 Å². The Kier molecular flexibility index (Phi) is 4.28. The minimum absolute atomic E-state index is 0.138. The molecule has 5 rings (SSSR count). The number of rotatable bonds is 3. The van der Waals surface area contributed by atoms with Crippen molar-refractivity contribution in [3.63, 3.8) is 0 Å². The molecule has 0 spiro atoms. The second kappa shape index (κ2) is 6.99. The first-order valence-corrected chi connectivity index (χ1v) is 10.0. The number of benzene rings is 3. The van der Waals surface area contributed by atoms with Gasteiger partial charge in [0, 0.05) is 6.54 Å². The van der Waals surface area contributed by atoms with Crippen molar-refractivity contribution in [1.82, 2.24) is 4.90 Å². The summed E-state index contributed by atoms with van der Waals surface area (Å²) >= 11 is 0. The lowest BCUT2D eigenvalue weighted by atomic mass is 9.97. The molecule has 0 unspecified atom stereocenters. The van der Waals surface area contributed by atoms with Gasteiger partial charge in [0.15, 0.2) is 5.43 Å². The van der Waals surface area contributed by atoms with E-state index in [1.165, 1.54) is 0 Å². The molecular weight excluding hydrogens is 374 g/mol. The lowest BCUT2D eigenvalue weighted by Gasteiger charge is -2.25. The van der Waals surface area contributed by atoms with E-state index < -0.39 is 6.04 Å². The van der Waals surface area contributed by atoms with E-state index in [4.69, 9.17) is 4.42 Å². The molecule has 4 nitrogen and oxygen atoms in total. The first-order chi connectivity index (χ1) is 14.5. The van der Waals surface area contributed by atoms with E-state index in [1.54, 1.807) is 11.0 Å². The van der Waals surface area contributed by atoms with Crippen LogP contribution in [0.3, 0.4) is 0 Å². The van der Waals surface area contributed by atoms with Crippen LogP contribution in [0.4, 0.5) is 0 Å². The summed E-state index contributed by atoms with van der Waals surface area (Å²) in [6, 6.07) is 22.8. The Hall–Kier alpha value is -3.66. The highest BCUT2D eigenvalue weighted by Crippen LogP contribution is 2.39. The minimum Gasteiger partial charge on any atom is -0.450 e. The molecule has 1 aliphatic rings. The molecule has 1 amide bonds. The Labute approximate surface area is 174 Å². The summed E-state index contributed by atoms with van der Waals surface area (Å²) < 4.78 is 6.03. The molecule has 0 radical (unpaired) electrons. The van der Waals surface area contributed by atoms with Crippen molar-refractivity contribution in [3.05, 3.63) is 117 Å². The van der Waals surface area contributed by atoms with Gasteiger partial charge in [-0.15, -0.1) is 0 Å². The van der Waals surface area contributed by atoms with Crippen LogP contribution in [0.1, 0.15) is 44.4 Å². The van der Waals surface area contributed by atoms with Gasteiger partial charge in [-0.1, -0.05) is 66.2 Å². The monoisotopic (exact) mass is 395 g/mol. The quantitative estimate of drug-likeness (QED) is 0.482. The van der Waals surface area contributed by atoms with Crippen LogP contribution in [0.5, 0.6) is 0 Å². The molecule has 0 N–H and O–H groups in total. The molecule has 1 aromatic heterocycles. The molecular formula is C26H21NO3. The summed E-state index contributed by atoms with van der Waals surface area (Å²) in [7, 11) is 0. The zero-order valence-electron chi connectivity index (χ0n) is 16.9. The number of amides is 1. The third kappa shape index (κ3) is 2.92. The summed E-state index contributed by atoms with van der Waals surface area (Å²) in [6.45, 7) is 4.35. The Morgan fingerprint density at radius 2 is 1.57 bits per heavy atom. The van der Waals surface area contributed by atoms with Gasteiger partial charge in [-0.3, -0.25) is 9.59 Å². The van der Waals surface area contributed by atoms with E-state index in [9.17, 15) is 9.59 Å². The molecule has 4 aromatic rings. The molecule has 1 atom stereocenters. The second-order valence-electron chi connectivity index (χ2n) is 7.91. The lowest BCUT2D eigenvalue weighted by molar-refractivity contribution is 0.0714. The Bertz CT molecular complexity index is 1320. The van der Waals surface area contributed by atoms with E-state index in [1.807, 2.05) is 80.6 Å². The van der Waals surface area contributed by atoms with Crippen LogP contribution in [-0.2, 0) is 6.54 Å². The first kappa shape index (κ1) is 18.4. The average molecular weight is 395 g/mol. The van der Waals surface area contributed by atoms with Crippen molar-refractivity contribution in [2.45, 2.75) is 26.4 Å². The summed E-state index contributed by atoms with van der Waals surface area (Å²) in [5.41, 5.74) is 4.75. The predicted molar refractivity (Wildman–Crippen MR) is 117 cm³/mol. The number of carbonyl (C=O) groups excluding carboxylic acids is 1. The van der Waals surface area contributed by atoms with Crippen molar-refractivity contribution in [3.8, 4) is 0 Å². The normalized spacial score (nSPS) is 15.6. The maximum absolute atomic E-state index is 13.5. The molecule has 30 heavy (non-hydrogen) atoms. The van der Waals surface area contributed by atoms with E-state index >= 15 is 0 Å². The maximum atomic E-state index is 13.5. The number of carbonyl (C=O) groups is 1. The highest BCUT2D eigenvalue weighted by molar-refractivity contribution is 5.99. The molecule has 0 bridgehead atoms. The number of nitrogens with zero attached hydrogens (tertiary/aromatic N) is 1. The average Bonchev–Trinajstić information content (AvgIpc) is 3.01. The fourth-order valence-corrected chi connectivity index (χ4v) is 4.16. The summed E-state index contributed by atoms with van der Waals surface area (Å²) in [5.74, 6) is -0.0976. The SMILES string of the molecule is Cc1ccc([C@@H]2c3c(oc4cc(C)ccc4c3=O)C(=O)N2Cc2ccccc2)cc1. The van der Waals surface area contributed by atoms with Crippen LogP contribution in [0.2, 0.25) is 0 Å². The van der Waals surface area contributed by atoms with Crippen molar-refractivity contribution < 1.29 is 9.21 Å². The van der Waals surface area contributed by atoms with E-state index in [0.29, 0.717) is 23.1 Å².